The van der Waals surface area contributed by atoms with Crippen LogP contribution in [0.15, 0.2) is 91.0 Å². The lowest BCUT2D eigenvalue weighted by Crippen LogP contribution is -2.61. The summed E-state index contributed by atoms with van der Waals surface area (Å²) < 4.78 is 45.3. The van der Waals surface area contributed by atoms with E-state index in [0.29, 0.717) is 13.2 Å². The van der Waals surface area contributed by atoms with Gasteiger partial charge in [0.15, 0.2) is 12.6 Å². The van der Waals surface area contributed by atoms with Crippen LogP contribution >= 0.6 is 0 Å². The summed E-state index contributed by atoms with van der Waals surface area (Å²) >= 11 is 0. The summed E-state index contributed by atoms with van der Waals surface area (Å²) in [7, 11) is 0. The summed E-state index contributed by atoms with van der Waals surface area (Å²) in [6.45, 7) is 6.63. The predicted octanol–water partition coefficient (Wildman–Crippen LogP) is 5.45. The van der Waals surface area contributed by atoms with Crippen molar-refractivity contribution in [2.75, 3.05) is 6.61 Å². The van der Waals surface area contributed by atoms with Gasteiger partial charge in [-0.15, -0.1) is 0 Å². The van der Waals surface area contributed by atoms with Gasteiger partial charge in [-0.1, -0.05) is 91.0 Å². The van der Waals surface area contributed by atoms with E-state index >= 15 is 0 Å². The van der Waals surface area contributed by atoms with Crippen LogP contribution in [0.5, 0.6) is 0 Å². The largest absolute Gasteiger partial charge is 0.346 e. The number of ether oxygens (including phenoxy) is 7. The fraction of sp³-hybridized carbons (Fsp3) is 0.419. The molecule has 2 unspecified atom stereocenters. The van der Waals surface area contributed by atoms with Crippen LogP contribution in [0.25, 0.3) is 0 Å². The third-order valence-corrected chi connectivity index (χ3v) is 6.76. The number of benzene rings is 3. The Labute approximate surface area is 223 Å². The molecule has 0 aliphatic carbocycles. The van der Waals surface area contributed by atoms with Gasteiger partial charge in [-0.05, 0) is 26.3 Å². The Morgan fingerprint density at radius 2 is 1.39 bits per heavy atom. The molecule has 0 spiro atoms. The normalized spacial score (nSPS) is 32.9. The second-order valence-corrected chi connectivity index (χ2v) is 10.8. The second-order valence-electron chi connectivity index (χ2n) is 10.8. The van der Waals surface area contributed by atoms with E-state index in [1.165, 1.54) is 0 Å². The molecule has 0 radical (unpaired) electrons. The molecule has 3 aliphatic heterocycles. The van der Waals surface area contributed by atoms with Gasteiger partial charge in [0.2, 0.25) is 0 Å². The van der Waals surface area contributed by atoms with Crippen molar-refractivity contribution in [3.63, 3.8) is 0 Å². The van der Waals surface area contributed by atoms with Crippen molar-refractivity contribution in [3.8, 4) is 0 Å². The summed E-state index contributed by atoms with van der Waals surface area (Å²) in [4.78, 5) is 0. The van der Waals surface area contributed by atoms with E-state index in [2.05, 4.69) is 0 Å². The van der Waals surface area contributed by atoms with Crippen molar-refractivity contribution in [1.82, 2.24) is 0 Å². The molecule has 0 amide bonds. The van der Waals surface area contributed by atoms with E-state index < -0.39 is 48.6 Å². The van der Waals surface area contributed by atoms with Gasteiger partial charge >= 0.3 is 5.97 Å². The molecule has 3 aromatic rings. The van der Waals surface area contributed by atoms with Crippen LogP contribution in [0.2, 0.25) is 0 Å². The molecule has 3 aromatic carbocycles. The highest BCUT2D eigenvalue weighted by Gasteiger charge is 2.62. The molecule has 3 saturated heterocycles. The lowest BCUT2D eigenvalue weighted by atomic mass is 9.98. The molecule has 3 aliphatic rings. The van der Waals surface area contributed by atoms with Gasteiger partial charge < -0.3 is 33.2 Å². The minimum atomic E-state index is -1.45. The van der Waals surface area contributed by atoms with Gasteiger partial charge in [-0.2, -0.15) is 0 Å². The van der Waals surface area contributed by atoms with Crippen molar-refractivity contribution in [2.24, 2.45) is 0 Å². The third kappa shape index (κ3) is 5.28. The summed E-state index contributed by atoms with van der Waals surface area (Å²) in [6.07, 6.45) is -3.23. The van der Waals surface area contributed by atoms with E-state index in [9.17, 15) is 0 Å². The Kier molecular flexibility index (Phi) is 7.09. The molecule has 200 valence electrons. The summed E-state index contributed by atoms with van der Waals surface area (Å²) in [5.74, 6) is -1.45. The Balaban J connectivity index is 1.33. The number of hydrogen-bond acceptors (Lipinski definition) is 7. The van der Waals surface area contributed by atoms with Crippen LogP contribution in [-0.2, 0) is 45.7 Å². The van der Waals surface area contributed by atoms with E-state index in [-0.39, 0.29) is 0 Å². The lowest BCUT2D eigenvalue weighted by molar-refractivity contribution is -0.388. The van der Waals surface area contributed by atoms with Crippen LogP contribution in [0, 0.1) is 0 Å². The van der Waals surface area contributed by atoms with Crippen LogP contribution < -0.4 is 0 Å². The Morgan fingerprint density at radius 1 is 0.763 bits per heavy atom. The first-order valence-electron chi connectivity index (χ1n) is 13.1. The number of hydrogen-bond donors (Lipinski definition) is 0. The molecule has 0 saturated carbocycles. The number of rotatable bonds is 6. The van der Waals surface area contributed by atoms with Gasteiger partial charge in [-0.25, -0.2) is 0 Å². The fourth-order valence-electron chi connectivity index (χ4n) is 5.15. The molecule has 0 N–H and O–H groups in total. The molecule has 0 bridgehead atoms. The molecular weight excluding hydrogens is 484 g/mol. The van der Waals surface area contributed by atoms with Gasteiger partial charge in [0, 0.05) is 11.1 Å². The average Bonchev–Trinajstić information content (AvgIpc) is 3.32. The summed E-state index contributed by atoms with van der Waals surface area (Å²) in [5.41, 5.74) is 2.17. The van der Waals surface area contributed by atoms with Gasteiger partial charge in [-0.3, -0.25) is 0 Å². The smallest absolute Gasteiger partial charge is 0.313 e. The van der Waals surface area contributed by atoms with Crippen LogP contribution in [0.4, 0.5) is 0 Å². The van der Waals surface area contributed by atoms with Crippen molar-refractivity contribution in [2.45, 2.75) is 75.9 Å². The van der Waals surface area contributed by atoms with Crippen molar-refractivity contribution in [1.29, 1.82) is 0 Å². The molecule has 6 rings (SSSR count). The predicted molar refractivity (Wildman–Crippen MR) is 139 cm³/mol. The highest BCUT2D eigenvalue weighted by molar-refractivity contribution is 5.21. The Hall–Kier alpha value is -2.62. The maximum absolute atomic E-state index is 6.77. The van der Waals surface area contributed by atoms with Crippen LogP contribution in [0.3, 0.4) is 0 Å². The monoisotopic (exact) mass is 518 g/mol. The number of fused-ring (bicyclic) bond motifs is 3. The zero-order valence-corrected chi connectivity index (χ0v) is 21.9. The lowest BCUT2D eigenvalue weighted by Gasteiger charge is -2.45. The average molecular weight is 519 g/mol. The summed E-state index contributed by atoms with van der Waals surface area (Å²) in [5, 5.41) is 0. The summed E-state index contributed by atoms with van der Waals surface area (Å²) in [6, 6.07) is 29.6. The topological polar surface area (TPSA) is 64.6 Å². The Morgan fingerprint density at radius 3 is 2.08 bits per heavy atom. The Bertz CT molecular complexity index is 1180. The van der Waals surface area contributed by atoms with E-state index in [4.69, 9.17) is 33.2 Å². The van der Waals surface area contributed by atoms with E-state index in [1.54, 1.807) is 0 Å². The fourth-order valence-corrected chi connectivity index (χ4v) is 5.15. The van der Waals surface area contributed by atoms with Crippen molar-refractivity contribution < 1.29 is 33.2 Å². The van der Waals surface area contributed by atoms with Crippen molar-refractivity contribution in [3.05, 3.63) is 108 Å². The molecule has 38 heavy (non-hydrogen) atoms. The van der Waals surface area contributed by atoms with E-state index in [1.807, 2.05) is 112 Å². The first-order chi connectivity index (χ1) is 18.4. The molecule has 7 heteroatoms. The minimum Gasteiger partial charge on any atom is -0.346 e. The first-order valence-corrected chi connectivity index (χ1v) is 13.1. The SMILES string of the molecule is CC(C)(C)OC1(c2ccccc2)O[C@@H]2[C@H](O1)[C@H](OCc1ccccc1)O[C@@H]1COC(c3ccccc3)O[C@H]21. The second kappa shape index (κ2) is 10.5. The van der Waals surface area contributed by atoms with Crippen LogP contribution in [-0.4, -0.2) is 42.9 Å². The highest BCUT2D eigenvalue weighted by atomic mass is 16.9. The maximum atomic E-state index is 6.77. The molecule has 3 fully saturated rings. The van der Waals surface area contributed by atoms with Gasteiger partial charge in [0.05, 0.1) is 18.8 Å². The minimum absolute atomic E-state index is 0.334. The molecular formula is C31H34O7. The highest BCUT2D eigenvalue weighted by Crippen LogP contribution is 2.48. The zero-order chi connectivity index (χ0) is 26.2. The first kappa shape index (κ1) is 25.6. The van der Waals surface area contributed by atoms with E-state index in [0.717, 1.165) is 16.7 Å². The quantitative estimate of drug-likeness (QED) is 0.430. The van der Waals surface area contributed by atoms with Crippen LogP contribution in [0.1, 0.15) is 43.8 Å². The van der Waals surface area contributed by atoms with Gasteiger partial charge in [0.25, 0.3) is 0 Å². The molecule has 7 atom stereocenters. The maximum Gasteiger partial charge on any atom is 0.313 e. The van der Waals surface area contributed by atoms with Gasteiger partial charge in [0.1, 0.15) is 24.4 Å². The standard InChI is InChI=1S/C31H34O7/c1-30(2,3)38-31(23-17-11-6-12-18-23)36-26-25-24(20-33-28(35-25)22-15-9-5-10-16-22)34-29(27(26)37-31)32-19-21-13-7-4-8-14-21/h4-18,24-29H,19-20H2,1-3H3/t24-,25+,26+,27+,28?,29-,31?/m1/s1. The molecule has 3 heterocycles. The molecule has 7 nitrogen and oxygen atoms in total. The molecule has 0 aromatic heterocycles. The third-order valence-electron chi connectivity index (χ3n) is 6.76. The van der Waals surface area contributed by atoms with Crippen molar-refractivity contribution >= 4 is 0 Å². The zero-order valence-electron chi connectivity index (χ0n) is 21.9.